The number of carbonyl (C=O) groups excluding carboxylic acids is 1. The highest BCUT2D eigenvalue weighted by atomic mass is 19.2. The Hall–Kier alpha value is -2.43. The van der Waals surface area contributed by atoms with Gasteiger partial charge in [0.2, 0.25) is 5.91 Å². The molecule has 0 bridgehead atoms. The van der Waals surface area contributed by atoms with Crippen LogP contribution in [-0.2, 0) is 4.79 Å². The van der Waals surface area contributed by atoms with Crippen LogP contribution in [0.3, 0.4) is 0 Å². The Labute approximate surface area is 153 Å². The van der Waals surface area contributed by atoms with E-state index in [1.165, 1.54) is 6.07 Å². The van der Waals surface area contributed by atoms with E-state index in [2.05, 4.69) is 38.3 Å². The Morgan fingerprint density at radius 2 is 1.58 bits per heavy atom. The van der Waals surface area contributed by atoms with E-state index in [4.69, 9.17) is 0 Å². The largest absolute Gasteiger partial charge is 0.384 e. The van der Waals surface area contributed by atoms with Crippen LogP contribution in [0.15, 0.2) is 36.4 Å². The molecule has 140 valence electrons. The maximum atomic E-state index is 13.2. The van der Waals surface area contributed by atoms with E-state index < -0.39 is 11.6 Å². The molecular formula is C21H26F2N2O. The first-order valence-electron chi connectivity index (χ1n) is 8.91. The highest BCUT2D eigenvalue weighted by Crippen LogP contribution is 2.32. The lowest BCUT2D eigenvalue weighted by atomic mass is 9.92. The highest BCUT2D eigenvalue weighted by Gasteiger charge is 2.15. The van der Waals surface area contributed by atoms with Gasteiger partial charge in [0.15, 0.2) is 11.6 Å². The number of rotatable bonds is 7. The molecule has 26 heavy (non-hydrogen) atoms. The van der Waals surface area contributed by atoms with Gasteiger partial charge in [-0.1, -0.05) is 45.9 Å². The van der Waals surface area contributed by atoms with E-state index in [-0.39, 0.29) is 12.3 Å². The summed E-state index contributed by atoms with van der Waals surface area (Å²) < 4.78 is 26.1. The smallest absolute Gasteiger partial charge is 0.226 e. The van der Waals surface area contributed by atoms with Crippen LogP contribution in [0.25, 0.3) is 0 Å². The van der Waals surface area contributed by atoms with Gasteiger partial charge in [-0.15, -0.1) is 0 Å². The summed E-state index contributed by atoms with van der Waals surface area (Å²) in [5.74, 6) is -1.32. The average molecular weight is 360 g/mol. The molecule has 2 aromatic carbocycles. The lowest BCUT2D eigenvalue weighted by Gasteiger charge is -2.20. The topological polar surface area (TPSA) is 41.1 Å². The molecule has 0 atom stereocenters. The second-order valence-electron chi connectivity index (χ2n) is 6.97. The maximum absolute atomic E-state index is 13.2. The third kappa shape index (κ3) is 5.04. The summed E-state index contributed by atoms with van der Waals surface area (Å²) >= 11 is 0. The molecule has 0 fully saturated rings. The van der Waals surface area contributed by atoms with Gasteiger partial charge >= 0.3 is 0 Å². The van der Waals surface area contributed by atoms with Crippen molar-refractivity contribution in [3.05, 3.63) is 59.2 Å². The van der Waals surface area contributed by atoms with E-state index in [1.807, 2.05) is 18.2 Å². The average Bonchev–Trinajstić information content (AvgIpc) is 2.57. The van der Waals surface area contributed by atoms with Gasteiger partial charge in [0.25, 0.3) is 0 Å². The number of amides is 1. The zero-order valence-electron chi connectivity index (χ0n) is 15.7. The normalized spacial score (nSPS) is 11.1. The molecule has 0 spiro atoms. The number of benzene rings is 2. The minimum Gasteiger partial charge on any atom is -0.384 e. The SMILES string of the molecule is CC(C)c1cccc(C(C)C)c1NC(=O)CCNc1ccc(F)c(F)c1. The zero-order chi connectivity index (χ0) is 19.3. The molecule has 2 N–H and O–H groups in total. The Morgan fingerprint density at radius 3 is 2.12 bits per heavy atom. The molecule has 0 aliphatic heterocycles. The molecule has 2 aromatic rings. The van der Waals surface area contributed by atoms with Crippen molar-refractivity contribution in [3.63, 3.8) is 0 Å². The maximum Gasteiger partial charge on any atom is 0.226 e. The lowest BCUT2D eigenvalue weighted by Crippen LogP contribution is -2.19. The van der Waals surface area contributed by atoms with Crippen LogP contribution in [0.2, 0.25) is 0 Å². The van der Waals surface area contributed by atoms with Crippen LogP contribution in [0.5, 0.6) is 0 Å². The van der Waals surface area contributed by atoms with Gasteiger partial charge in [-0.3, -0.25) is 4.79 Å². The standard InChI is InChI=1S/C21H26F2N2O/c1-13(2)16-6-5-7-17(14(3)4)21(16)25-20(26)10-11-24-15-8-9-18(22)19(23)12-15/h5-9,12-14,24H,10-11H2,1-4H3,(H,25,26). The van der Waals surface area contributed by atoms with Gasteiger partial charge in [0.1, 0.15) is 0 Å². The molecule has 0 unspecified atom stereocenters. The van der Waals surface area contributed by atoms with Crippen LogP contribution in [0, 0.1) is 11.6 Å². The van der Waals surface area contributed by atoms with Crippen molar-refractivity contribution < 1.29 is 13.6 Å². The molecule has 2 rings (SSSR count). The Morgan fingerprint density at radius 1 is 0.962 bits per heavy atom. The summed E-state index contributed by atoms with van der Waals surface area (Å²) in [7, 11) is 0. The number of nitrogens with one attached hydrogen (secondary N) is 2. The fourth-order valence-electron chi connectivity index (χ4n) is 2.82. The molecule has 1 amide bonds. The number of para-hydroxylation sites is 1. The van der Waals surface area contributed by atoms with Crippen molar-refractivity contribution in [2.24, 2.45) is 0 Å². The molecule has 0 aliphatic rings. The Kier molecular flexibility index (Phi) is 6.72. The Bertz CT molecular complexity index is 746. The minimum absolute atomic E-state index is 0.116. The monoisotopic (exact) mass is 360 g/mol. The van der Waals surface area contributed by atoms with Crippen molar-refractivity contribution in [2.45, 2.75) is 46.0 Å². The molecule has 0 heterocycles. The number of carbonyl (C=O) groups is 1. The summed E-state index contributed by atoms with van der Waals surface area (Å²) in [6.07, 6.45) is 0.225. The first-order chi connectivity index (χ1) is 12.3. The van der Waals surface area contributed by atoms with Gasteiger partial charge < -0.3 is 10.6 Å². The number of hydrogen-bond acceptors (Lipinski definition) is 2. The number of anilines is 2. The summed E-state index contributed by atoms with van der Waals surface area (Å²) in [6.45, 7) is 8.72. The predicted octanol–water partition coefficient (Wildman–Crippen LogP) is 5.65. The van der Waals surface area contributed by atoms with E-state index >= 15 is 0 Å². The summed E-state index contributed by atoms with van der Waals surface area (Å²) in [4.78, 5) is 12.4. The van der Waals surface area contributed by atoms with Crippen molar-refractivity contribution in [3.8, 4) is 0 Å². The van der Waals surface area contributed by atoms with Crippen molar-refractivity contribution >= 4 is 17.3 Å². The molecular weight excluding hydrogens is 334 g/mol. The Balaban J connectivity index is 2.02. The van der Waals surface area contributed by atoms with E-state index in [0.29, 0.717) is 24.1 Å². The highest BCUT2D eigenvalue weighted by molar-refractivity contribution is 5.93. The van der Waals surface area contributed by atoms with E-state index in [1.54, 1.807) is 0 Å². The van der Waals surface area contributed by atoms with Gasteiger partial charge in [0, 0.05) is 24.3 Å². The van der Waals surface area contributed by atoms with Gasteiger partial charge in [-0.25, -0.2) is 8.78 Å². The van der Waals surface area contributed by atoms with E-state index in [0.717, 1.165) is 28.9 Å². The second-order valence-corrected chi connectivity index (χ2v) is 6.97. The van der Waals surface area contributed by atoms with Crippen LogP contribution in [0.1, 0.15) is 57.1 Å². The fraction of sp³-hybridized carbons (Fsp3) is 0.381. The summed E-state index contributed by atoms with van der Waals surface area (Å²) in [5, 5.41) is 5.97. The van der Waals surface area contributed by atoms with Crippen molar-refractivity contribution in [1.82, 2.24) is 0 Å². The second kappa shape index (κ2) is 8.79. The first kappa shape index (κ1) is 19.9. The zero-order valence-corrected chi connectivity index (χ0v) is 15.7. The fourth-order valence-corrected chi connectivity index (χ4v) is 2.82. The lowest BCUT2D eigenvalue weighted by molar-refractivity contribution is -0.115. The third-order valence-corrected chi connectivity index (χ3v) is 4.24. The number of hydrogen-bond donors (Lipinski definition) is 2. The molecule has 3 nitrogen and oxygen atoms in total. The molecule has 0 saturated heterocycles. The quantitative estimate of drug-likeness (QED) is 0.670. The van der Waals surface area contributed by atoms with Crippen LogP contribution >= 0.6 is 0 Å². The predicted molar refractivity (Wildman–Crippen MR) is 103 cm³/mol. The molecule has 0 aliphatic carbocycles. The molecule has 0 saturated carbocycles. The molecule has 0 radical (unpaired) electrons. The first-order valence-corrected chi connectivity index (χ1v) is 8.91. The molecule has 0 aromatic heterocycles. The van der Waals surface area contributed by atoms with Crippen molar-refractivity contribution in [1.29, 1.82) is 0 Å². The minimum atomic E-state index is -0.910. The van der Waals surface area contributed by atoms with Gasteiger partial charge in [-0.05, 0) is 41.2 Å². The van der Waals surface area contributed by atoms with E-state index in [9.17, 15) is 13.6 Å². The number of halogens is 2. The van der Waals surface area contributed by atoms with Crippen LogP contribution in [-0.4, -0.2) is 12.5 Å². The van der Waals surface area contributed by atoms with Gasteiger partial charge in [0.05, 0.1) is 0 Å². The van der Waals surface area contributed by atoms with Crippen molar-refractivity contribution in [2.75, 3.05) is 17.2 Å². The summed E-state index contributed by atoms with van der Waals surface area (Å²) in [5.41, 5.74) is 3.55. The van der Waals surface area contributed by atoms with Crippen LogP contribution in [0.4, 0.5) is 20.2 Å². The molecule has 5 heteroatoms. The third-order valence-electron chi connectivity index (χ3n) is 4.24. The summed E-state index contributed by atoms with van der Waals surface area (Å²) in [6, 6.07) is 9.67. The van der Waals surface area contributed by atoms with Crippen LogP contribution < -0.4 is 10.6 Å². The van der Waals surface area contributed by atoms with Gasteiger partial charge in [-0.2, -0.15) is 0 Å².